The quantitative estimate of drug-likeness (QED) is 0.203. The molecule has 238 valence electrons. The highest BCUT2D eigenvalue weighted by Crippen LogP contribution is 2.40. The van der Waals surface area contributed by atoms with Crippen LogP contribution >= 0.6 is 0 Å². The largest absolute Gasteiger partial charge is 0.456 e. The van der Waals surface area contributed by atoms with Gasteiger partial charge in [-0.3, -0.25) is 4.99 Å². The van der Waals surface area contributed by atoms with Gasteiger partial charge in [-0.2, -0.15) is 0 Å². The molecule has 0 spiro atoms. The van der Waals surface area contributed by atoms with Crippen molar-refractivity contribution in [3.8, 4) is 16.8 Å². The van der Waals surface area contributed by atoms with Crippen LogP contribution in [0.3, 0.4) is 0 Å². The lowest BCUT2D eigenvalue weighted by Crippen LogP contribution is -2.36. The van der Waals surface area contributed by atoms with Crippen molar-refractivity contribution >= 4 is 55.2 Å². The summed E-state index contributed by atoms with van der Waals surface area (Å²) in [7, 11) is 0. The van der Waals surface area contributed by atoms with Crippen molar-refractivity contribution in [2.75, 3.05) is 0 Å². The Morgan fingerprint density at radius 1 is 0.600 bits per heavy atom. The van der Waals surface area contributed by atoms with Crippen LogP contribution in [-0.4, -0.2) is 16.4 Å². The number of para-hydroxylation sites is 2. The van der Waals surface area contributed by atoms with Gasteiger partial charge in [0.1, 0.15) is 17.3 Å². The zero-order valence-electron chi connectivity index (χ0n) is 27.3. The van der Waals surface area contributed by atoms with Gasteiger partial charge < -0.3 is 14.3 Å². The molecule has 2 aromatic heterocycles. The van der Waals surface area contributed by atoms with Gasteiger partial charge in [0.15, 0.2) is 0 Å². The fourth-order valence-electron chi connectivity index (χ4n) is 7.75. The highest BCUT2D eigenvalue weighted by molar-refractivity contribution is 6.15. The Bertz CT molecular complexity index is 2670. The van der Waals surface area contributed by atoms with Crippen molar-refractivity contribution in [3.63, 3.8) is 0 Å². The number of rotatable bonds is 5. The zero-order valence-corrected chi connectivity index (χ0v) is 27.3. The Morgan fingerprint density at radius 2 is 1.32 bits per heavy atom. The van der Waals surface area contributed by atoms with Crippen molar-refractivity contribution < 1.29 is 4.42 Å². The first-order valence-corrected chi connectivity index (χ1v) is 17.3. The van der Waals surface area contributed by atoms with E-state index in [0.29, 0.717) is 0 Å². The molecule has 0 fully saturated rings. The summed E-state index contributed by atoms with van der Waals surface area (Å²) in [5.41, 5.74) is 11.8. The highest BCUT2D eigenvalue weighted by atomic mass is 16.3. The van der Waals surface area contributed by atoms with E-state index in [0.717, 1.165) is 67.7 Å². The third-order valence-corrected chi connectivity index (χ3v) is 10.2. The summed E-state index contributed by atoms with van der Waals surface area (Å²) in [6.07, 6.45) is 11.8. The van der Waals surface area contributed by atoms with Crippen molar-refractivity contribution in [2.45, 2.75) is 12.6 Å². The van der Waals surface area contributed by atoms with Gasteiger partial charge in [0, 0.05) is 27.8 Å². The SMILES string of the molecule is C1=CCC(C2N=C(c3ccccc3)C=C(c3cccc(-c4ccc5c(c4)oc4cccc(-n6c7ccccc7c7ccccc76)c45)c3)N2)C=C1. The molecule has 0 amide bonds. The average Bonchev–Trinajstić information content (AvgIpc) is 3.74. The van der Waals surface area contributed by atoms with E-state index in [9.17, 15) is 0 Å². The number of aliphatic imine (C=N–C) groups is 1. The number of benzene rings is 6. The Hall–Kier alpha value is -6.39. The third kappa shape index (κ3) is 4.72. The number of furan rings is 1. The van der Waals surface area contributed by atoms with E-state index in [1.807, 2.05) is 0 Å². The van der Waals surface area contributed by atoms with Gasteiger partial charge in [0.05, 0.1) is 27.8 Å². The van der Waals surface area contributed by atoms with Crippen molar-refractivity contribution in [2.24, 2.45) is 10.9 Å². The van der Waals surface area contributed by atoms with Crippen molar-refractivity contribution in [1.29, 1.82) is 0 Å². The molecule has 6 aromatic carbocycles. The van der Waals surface area contributed by atoms with Crippen LogP contribution in [0.15, 0.2) is 179 Å². The standard InChI is InChI=1S/C46H33N3O/c1-3-13-30(14-4-1)38-29-39(48-46(47-38)31-15-5-2-6-16-31)34-18-11-17-32(27-34)33-25-26-37-44(28-33)50-43-24-12-23-42(45(37)43)49-40-21-9-7-19-35(40)36-20-8-10-22-41(36)49/h1-15,17-29,31,46,48H,16H2. The summed E-state index contributed by atoms with van der Waals surface area (Å²) in [5.74, 6) is 0.286. The van der Waals surface area contributed by atoms with Gasteiger partial charge in [-0.25, -0.2) is 0 Å². The minimum atomic E-state index is -0.0503. The van der Waals surface area contributed by atoms with Gasteiger partial charge in [-0.15, -0.1) is 0 Å². The fraction of sp³-hybridized carbons (Fsp3) is 0.0652. The lowest BCUT2D eigenvalue weighted by molar-refractivity contribution is 0.470. The molecule has 0 bridgehead atoms. The number of nitrogens with zero attached hydrogens (tertiary/aromatic N) is 2. The van der Waals surface area contributed by atoms with Gasteiger partial charge in [-0.1, -0.05) is 121 Å². The molecule has 2 aliphatic rings. The molecule has 1 aliphatic heterocycles. The summed E-state index contributed by atoms with van der Waals surface area (Å²) in [5, 5.41) is 8.50. The van der Waals surface area contributed by atoms with Crippen LogP contribution in [0.25, 0.3) is 66.3 Å². The van der Waals surface area contributed by atoms with Crippen LogP contribution in [0.4, 0.5) is 0 Å². The molecular formula is C46H33N3O. The molecular weight excluding hydrogens is 611 g/mol. The first-order valence-electron chi connectivity index (χ1n) is 17.3. The lowest BCUT2D eigenvalue weighted by Gasteiger charge is -2.29. The number of allylic oxidation sites excluding steroid dienone is 4. The van der Waals surface area contributed by atoms with Crippen molar-refractivity contribution in [1.82, 2.24) is 9.88 Å². The van der Waals surface area contributed by atoms with E-state index in [1.165, 1.54) is 21.8 Å². The van der Waals surface area contributed by atoms with Crippen molar-refractivity contribution in [3.05, 3.63) is 181 Å². The number of aromatic nitrogens is 1. The molecule has 2 atom stereocenters. The van der Waals surface area contributed by atoms with E-state index in [2.05, 4.69) is 180 Å². The highest BCUT2D eigenvalue weighted by Gasteiger charge is 2.25. The fourth-order valence-corrected chi connectivity index (χ4v) is 7.75. The van der Waals surface area contributed by atoms with Crippen LogP contribution in [0.1, 0.15) is 17.5 Å². The summed E-state index contributed by atoms with van der Waals surface area (Å²) < 4.78 is 8.98. The van der Waals surface area contributed by atoms with Gasteiger partial charge in [0.2, 0.25) is 0 Å². The van der Waals surface area contributed by atoms with E-state index in [1.54, 1.807) is 0 Å². The number of hydrogen-bond donors (Lipinski definition) is 1. The molecule has 0 saturated heterocycles. The first-order chi connectivity index (χ1) is 24.8. The second-order valence-electron chi connectivity index (χ2n) is 13.2. The minimum absolute atomic E-state index is 0.0503. The Morgan fingerprint density at radius 3 is 2.12 bits per heavy atom. The molecule has 4 heteroatoms. The molecule has 1 aliphatic carbocycles. The molecule has 4 nitrogen and oxygen atoms in total. The molecule has 10 rings (SSSR count). The topological polar surface area (TPSA) is 42.5 Å². The smallest absolute Gasteiger partial charge is 0.137 e. The van der Waals surface area contributed by atoms with E-state index in [-0.39, 0.29) is 12.1 Å². The van der Waals surface area contributed by atoms with Gasteiger partial charge >= 0.3 is 0 Å². The maximum Gasteiger partial charge on any atom is 0.137 e. The normalized spacial score (nSPS) is 17.4. The number of nitrogens with one attached hydrogen (secondary N) is 1. The molecule has 8 aromatic rings. The molecule has 50 heavy (non-hydrogen) atoms. The van der Waals surface area contributed by atoms with Crippen LogP contribution in [-0.2, 0) is 0 Å². The minimum Gasteiger partial charge on any atom is -0.456 e. The van der Waals surface area contributed by atoms with E-state index >= 15 is 0 Å². The Kier molecular flexibility index (Phi) is 6.66. The lowest BCUT2D eigenvalue weighted by atomic mass is 9.94. The van der Waals surface area contributed by atoms with E-state index in [4.69, 9.17) is 9.41 Å². The molecule has 2 unspecified atom stereocenters. The monoisotopic (exact) mass is 643 g/mol. The summed E-state index contributed by atoms with van der Waals surface area (Å²) in [6, 6.07) is 49.6. The summed E-state index contributed by atoms with van der Waals surface area (Å²) >= 11 is 0. The number of fused-ring (bicyclic) bond motifs is 6. The third-order valence-electron chi connectivity index (χ3n) is 10.2. The Labute approximate surface area is 290 Å². The van der Waals surface area contributed by atoms with Crippen LogP contribution in [0.5, 0.6) is 0 Å². The van der Waals surface area contributed by atoms with E-state index < -0.39 is 0 Å². The van der Waals surface area contributed by atoms with Crippen LogP contribution < -0.4 is 5.32 Å². The predicted octanol–water partition coefficient (Wildman–Crippen LogP) is 11.2. The molecule has 1 N–H and O–H groups in total. The average molecular weight is 644 g/mol. The maximum absolute atomic E-state index is 6.60. The Balaban J connectivity index is 1.06. The number of hydrogen-bond acceptors (Lipinski definition) is 3. The van der Waals surface area contributed by atoms with Crippen LogP contribution in [0.2, 0.25) is 0 Å². The summed E-state index contributed by atoms with van der Waals surface area (Å²) in [6.45, 7) is 0. The van der Waals surface area contributed by atoms with Gasteiger partial charge in [-0.05, 0) is 77.2 Å². The molecule has 0 saturated carbocycles. The predicted molar refractivity (Wildman–Crippen MR) is 208 cm³/mol. The second-order valence-corrected chi connectivity index (χ2v) is 13.2. The maximum atomic E-state index is 6.60. The van der Waals surface area contributed by atoms with Gasteiger partial charge in [0.25, 0.3) is 0 Å². The summed E-state index contributed by atoms with van der Waals surface area (Å²) in [4.78, 5) is 5.18. The first kappa shape index (κ1) is 28.6. The zero-order chi connectivity index (χ0) is 33.0. The molecule has 0 radical (unpaired) electrons. The molecule has 3 heterocycles. The second kappa shape index (κ2) is 11.6. The van der Waals surface area contributed by atoms with Crippen LogP contribution in [0, 0.1) is 5.92 Å².